The van der Waals surface area contributed by atoms with E-state index in [2.05, 4.69) is 5.32 Å². The van der Waals surface area contributed by atoms with Crippen LogP contribution in [0.4, 0.5) is 22.0 Å². The summed E-state index contributed by atoms with van der Waals surface area (Å²) in [5, 5.41) is 13.0. The van der Waals surface area contributed by atoms with E-state index >= 15 is 0 Å². The summed E-state index contributed by atoms with van der Waals surface area (Å²) in [7, 11) is 0. The normalized spacial score (nSPS) is 20.6. The Balaban J connectivity index is 1.49. The van der Waals surface area contributed by atoms with E-state index in [1.54, 1.807) is 35.2 Å². The molecule has 4 nitrogen and oxygen atoms in total. The molecule has 35 heavy (non-hydrogen) atoms. The quantitative estimate of drug-likeness (QED) is 0.555. The number of carbonyl (C=O) groups excluding carboxylic acids is 1. The van der Waals surface area contributed by atoms with Crippen LogP contribution in [0.2, 0.25) is 0 Å². The number of rotatable bonds is 7. The molecule has 4 rings (SSSR count). The van der Waals surface area contributed by atoms with Crippen LogP contribution in [0.25, 0.3) is 0 Å². The van der Waals surface area contributed by atoms with E-state index in [1.807, 2.05) is 0 Å². The van der Waals surface area contributed by atoms with Crippen molar-refractivity contribution >= 4 is 5.91 Å². The minimum Gasteiger partial charge on any atom is -0.380 e. The van der Waals surface area contributed by atoms with Crippen molar-refractivity contribution in [2.45, 2.75) is 61.8 Å². The van der Waals surface area contributed by atoms with Gasteiger partial charge in [0.05, 0.1) is 5.41 Å². The number of likely N-dealkylation sites (tertiary alicyclic amines) is 1. The molecule has 0 unspecified atom stereocenters. The Hall–Kier alpha value is -2.52. The number of amides is 1. The van der Waals surface area contributed by atoms with Crippen molar-refractivity contribution in [3.05, 3.63) is 71.3 Å². The molecule has 0 radical (unpaired) electrons. The average Bonchev–Trinajstić information content (AvgIpc) is 2.78. The van der Waals surface area contributed by atoms with Crippen molar-refractivity contribution in [1.82, 2.24) is 10.2 Å². The van der Waals surface area contributed by atoms with Crippen LogP contribution in [-0.2, 0) is 16.6 Å². The van der Waals surface area contributed by atoms with Gasteiger partial charge in [-0.2, -0.15) is 13.2 Å². The van der Waals surface area contributed by atoms with Crippen molar-refractivity contribution < 1.29 is 31.9 Å². The summed E-state index contributed by atoms with van der Waals surface area (Å²) >= 11 is 0. The maximum atomic E-state index is 14.4. The molecular weight excluding hydrogens is 467 g/mol. The van der Waals surface area contributed by atoms with Gasteiger partial charge in [-0.1, -0.05) is 36.8 Å². The molecule has 2 aromatic carbocycles. The largest absolute Gasteiger partial charge is 0.417 e. The molecule has 1 aliphatic carbocycles. The van der Waals surface area contributed by atoms with Gasteiger partial charge in [-0.3, -0.25) is 9.69 Å². The van der Waals surface area contributed by atoms with Crippen molar-refractivity contribution in [1.29, 1.82) is 0 Å². The molecule has 1 heterocycles. The standard InChI is InChI=1S/C26H29F5N2O2/c27-20-8-6-19(7-9-20)24(10-3-11-24)23(34)32-17-21(16-18-4-1-2-5-22(18)28)33-14-12-25(35,13-15-33)26(29,30)31/h1-2,4-9,21,35H,3,10-17H2,(H,32,34)/t21-/m0/s1. The second kappa shape index (κ2) is 9.85. The van der Waals surface area contributed by atoms with Crippen molar-refractivity contribution in [2.75, 3.05) is 19.6 Å². The second-order valence-electron chi connectivity index (χ2n) is 9.67. The molecule has 0 spiro atoms. The maximum absolute atomic E-state index is 14.4. The highest BCUT2D eigenvalue weighted by Gasteiger charge is 2.55. The zero-order valence-electron chi connectivity index (χ0n) is 19.3. The van der Waals surface area contributed by atoms with Crippen LogP contribution in [-0.4, -0.2) is 53.4 Å². The van der Waals surface area contributed by atoms with E-state index in [4.69, 9.17) is 0 Å². The molecule has 2 fully saturated rings. The number of aliphatic hydroxyl groups is 1. The van der Waals surface area contributed by atoms with Gasteiger partial charge in [0.1, 0.15) is 11.6 Å². The van der Waals surface area contributed by atoms with Crippen LogP contribution < -0.4 is 5.32 Å². The summed E-state index contributed by atoms with van der Waals surface area (Å²) in [5.74, 6) is -1.04. The Bertz CT molecular complexity index is 1030. The summed E-state index contributed by atoms with van der Waals surface area (Å²) in [4.78, 5) is 15.1. The number of piperidine rings is 1. The summed E-state index contributed by atoms with van der Waals surface area (Å²) in [6.07, 6.45) is -3.42. The van der Waals surface area contributed by atoms with Gasteiger partial charge in [0.2, 0.25) is 5.91 Å². The van der Waals surface area contributed by atoms with Crippen molar-refractivity contribution in [3.63, 3.8) is 0 Å². The Morgan fingerprint density at radius 1 is 1.00 bits per heavy atom. The van der Waals surface area contributed by atoms with Crippen LogP contribution in [0.1, 0.15) is 43.2 Å². The van der Waals surface area contributed by atoms with E-state index in [1.165, 1.54) is 18.2 Å². The lowest BCUT2D eigenvalue weighted by atomic mass is 9.64. The molecule has 1 atom stereocenters. The Morgan fingerprint density at radius 2 is 1.63 bits per heavy atom. The second-order valence-corrected chi connectivity index (χ2v) is 9.67. The number of nitrogens with zero attached hydrogens (tertiary/aromatic N) is 1. The third-order valence-electron chi connectivity index (χ3n) is 7.62. The van der Waals surface area contributed by atoms with Gasteiger partial charge < -0.3 is 10.4 Å². The van der Waals surface area contributed by atoms with Gasteiger partial charge in [0.15, 0.2) is 5.60 Å². The zero-order chi connectivity index (χ0) is 25.3. The topological polar surface area (TPSA) is 52.6 Å². The first-order valence-electron chi connectivity index (χ1n) is 11.8. The molecular formula is C26H29F5N2O2. The fraction of sp³-hybridized carbons (Fsp3) is 0.500. The number of hydrogen-bond donors (Lipinski definition) is 2. The minimum absolute atomic E-state index is 0.0336. The van der Waals surface area contributed by atoms with E-state index in [-0.39, 0.29) is 32.0 Å². The predicted molar refractivity (Wildman–Crippen MR) is 121 cm³/mol. The summed E-state index contributed by atoms with van der Waals surface area (Å²) in [6.45, 7) is 0.0444. The number of alkyl halides is 3. The minimum atomic E-state index is -4.72. The van der Waals surface area contributed by atoms with E-state index in [0.29, 0.717) is 18.4 Å². The highest BCUT2D eigenvalue weighted by Crippen LogP contribution is 2.44. The molecule has 1 saturated heterocycles. The first-order valence-corrected chi connectivity index (χ1v) is 11.8. The lowest BCUT2D eigenvalue weighted by Crippen LogP contribution is -2.58. The summed E-state index contributed by atoms with van der Waals surface area (Å²) in [6, 6.07) is 11.6. The van der Waals surface area contributed by atoms with Crippen molar-refractivity contribution in [2.24, 2.45) is 0 Å². The maximum Gasteiger partial charge on any atom is 0.417 e. The monoisotopic (exact) mass is 496 g/mol. The highest BCUT2D eigenvalue weighted by molar-refractivity contribution is 5.89. The molecule has 2 aliphatic rings. The van der Waals surface area contributed by atoms with Crippen LogP contribution in [0, 0.1) is 11.6 Å². The van der Waals surface area contributed by atoms with E-state index in [9.17, 15) is 31.9 Å². The first-order chi connectivity index (χ1) is 16.5. The number of benzene rings is 2. The summed E-state index contributed by atoms with van der Waals surface area (Å²) < 4.78 is 67.6. The number of nitrogens with one attached hydrogen (secondary N) is 1. The lowest BCUT2D eigenvalue weighted by molar-refractivity contribution is -0.273. The molecule has 2 aromatic rings. The van der Waals surface area contributed by atoms with Gasteiger partial charge in [0, 0.05) is 25.7 Å². The van der Waals surface area contributed by atoms with Crippen LogP contribution in [0.3, 0.4) is 0 Å². The molecule has 2 N–H and O–H groups in total. The van der Waals surface area contributed by atoms with E-state index in [0.717, 1.165) is 12.0 Å². The molecule has 9 heteroatoms. The smallest absolute Gasteiger partial charge is 0.380 e. The SMILES string of the molecule is O=C(NC[C@H](Cc1ccccc1F)N1CCC(O)(C(F)(F)F)CC1)C1(c2ccc(F)cc2)CCC1. The van der Waals surface area contributed by atoms with Crippen molar-refractivity contribution in [3.8, 4) is 0 Å². The predicted octanol–water partition coefficient (Wildman–Crippen LogP) is 4.50. The highest BCUT2D eigenvalue weighted by atomic mass is 19.4. The third-order valence-corrected chi connectivity index (χ3v) is 7.62. The first kappa shape index (κ1) is 25.6. The number of halogens is 5. The molecule has 0 aromatic heterocycles. The summed E-state index contributed by atoms with van der Waals surface area (Å²) in [5.41, 5.74) is -2.38. The number of hydrogen-bond acceptors (Lipinski definition) is 3. The zero-order valence-corrected chi connectivity index (χ0v) is 19.3. The molecule has 190 valence electrons. The average molecular weight is 497 g/mol. The number of carbonyl (C=O) groups is 1. The van der Waals surface area contributed by atoms with Crippen LogP contribution in [0.5, 0.6) is 0 Å². The molecule has 0 bridgehead atoms. The van der Waals surface area contributed by atoms with Gasteiger partial charge in [0.25, 0.3) is 0 Å². The van der Waals surface area contributed by atoms with Gasteiger partial charge in [-0.25, -0.2) is 8.78 Å². The lowest BCUT2D eigenvalue weighted by Gasteiger charge is -2.44. The fourth-order valence-corrected chi connectivity index (χ4v) is 5.12. The van der Waals surface area contributed by atoms with Gasteiger partial charge in [-0.15, -0.1) is 0 Å². The van der Waals surface area contributed by atoms with Gasteiger partial charge >= 0.3 is 6.18 Å². The van der Waals surface area contributed by atoms with E-state index < -0.39 is 47.7 Å². The molecule has 1 aliphatic heterocycles. The van der Waals surface area contributed by atoms with Crippen LogP contribution in [0.15, 0.2) is 48.5 Å². The Morgan fingerprint density at radius 3 is 2.17 bits per heavy atom. The Kier molecular flexibility index (Phi) is 7.20. The molecule has 1 amide bonds. The van der Waals surface area contributed by atoms with Gasteiger partial charge in [-0.05, 0) is 61.4 Å². The molecule has 1 saturated carbocycles. The van der Waals surface area contributed by atoms with Crippen LogP contribution >= 0.6 is 0 Å². The third kappa shape index (κ3) is 5.21. The fourth-order valence-electron chi connectivity index (χ4n) is 5.12. The Labute approximate surface area is 201 Å².